The van der Waals surface area contributed by atoms with E-state index >= 15 is 0 Å². The smallest absolute Gasteiger partial charge is 0.410 e. The van der Waals surface area contributed by atoms with E-state index in [-0.39, 0.29) is 36.6 Å². The number of piperidine rings is 2. The first-order valence-electron chi connectivity index (χ1n) is 17.7. The molecule has 4 heterocycles. The fourth-order valence-corrected chi connectivity index (χ4v) is 8.06. The summed E-state index contributed by atoms with van der Waals surface area (Å²) in [5, 5.41) is 22.1. The Labute approximate surface area is 301 Å². The number of aliphatic carboxylic acids is 1. The number of halogens is 1. The second-order valence-corrected chi connectivity index (χ2v) is 14.5. The average molecular weight is 756 g/mol. The van der Waals surface area contributed by atoms with Crippen molar-refractivity contribution in [1.82, 2.24) is 24.5 Å². The Hall–Kier alpha value is -3.88. The maximum Gasteiger partial charge on any atom is 0.410 e. The highest BCUT2D eigenvalue weighted by atomic mass is 79.9. The zero-order chi connectivity index (χ0) is 35.2. The van der Waals surface area contributed by atoms with Crippen LogP contribution in [0.2, 0.25) is 0 Å². The molecule has 3 N–H and O–H groups in total. The van der Waals surface area contributed by atoms with Gasteiger partial charge >= 0.3 is 18.1 Å². The predicted molar refractivity (Wildman–Crippen MR) is 190 cm³/mol. The average Bonchev–Trinajstić information content (AvgIpc) is 3.30. The van der Waals surface area contributed by atoms with E-state index in [1.165, 1.54) is 0 Å². The number of piperazine rings is 1. The van der Waals surface area contributed by atoms with Crippen molar-refractivity contribution in [2.75, 3.05) is 70.8 Å². The zero-order valence-corrected chi connectivity index (χ0v) is 29.9. The molecule has 0 saturated carbocycles. The van der Waals surface area contributed by atoms with Gasteiger partial charge in [-0.15, -0.1) is 0 Å². The number of anilines is 1. The number of urea groups is 1. The molecule has 13 nitrogen and oxygen atoms in total. The topological polar surface area (TPSA) is 146 Å². The molecule has 3 saturated heterocycles. The third kappa shape index (κ3) is 8.88. The van der Waals surface area contributed by atoms with Gasteiger partial charge in [-0.05, 0) is 90.4 Å². The molecule has 0 bridgehead atoms. The lowest BCUT2D eigenvalue weighted by molar-refractivity contribution is -0.143. The maximum atomic E-state index is 14.0. The van der Waals surface area contributed by atoms with E-state index in [2.05, 4.69) is 31.0 Å². The fraction of sp³-hybridized carbons (Fsp3) is 0.556. The number of carboxylic acids is 1. The number of carbonyl (C=O) groups excluding carboxylic acids is 3. The highest BCUT2D eigenvalue weighted by Gasteiger charge is 2.36. The number of hydrogen-bond donors (Lipinski definition) is 3. The number of carbonyl (C=O) groups is 4. The molecule has 270 valence electrons. The first kappa shape index (κ1) is 35.9. The second kappa shape index (κ2) is 16.4. The first-order chi connectivity index (χ1) is 24.1. The van der Waals surface area contributed by atoms with Crippen LogP contribution in [-0.2, 0) is 27.2 Å². The van der Waals surface area contributed by atoms with Crippen LogP contribution in [0, 0.1) is 0 Å². The summed E-state index contributed by atoms with van der Waals surface area (Å²) < 4.78 is 6.50. The molecule has 6 rings (SSSR count). The van der Waals surface area contributed by atoms with Gasteiger partial charge < -0.3 is 39.9 Å². The second-order valence-electron chi connectivity index (χ2n) is 13.7. The lowest BCUT2D eigenvalue weighted by atomic mass is 10.0. The van der Waals surface area contributed by atoms with E-state index in [1.807, 2.05) is 29.2 Å². The number of ether oxygens (including phenoxy) is 1. The summed E-state index contributed by atoms with van der Waals surface area (Å²) in [6.45, 7) is 6.25. The lowest BCUT2D eigenvalue weighted by Crippen LogP contribution is -2.56. The normalized spacial score (nSPS) is 20.5. The highest BCUT2D eigenvalue weighted by molar-refractivity contribution is 9.10. The molecular weight excluding hydrogens is 708 g/mol. The molecule has 4 aliphatic rings. The molecule has 0 aromatic heterocycles. The minimum Gasteiger partial charge on any atom is -0.507 e. The van der Waals surface area contributed by atoms with Crippen LogP contribution in [-0.4, -0.2) is 142 Å². The van der Waals surface area contributed by atoms with Crippen molar-refractivity contribution >= 4 is 45.6 Å². The van der Waals surface area contributed by atoms with Crippen LogP contribution in [0.4, 0.5) is 15.3 Å². The number of rotatable bonds is 9. The Morgan fingerprint density at radius 2 is 1.58 bits per heavy atom. The summed E-state index contributed by atoms with van der Waals surface area (Å²) in [7, 11) is 0. The van der Waals surface area contributed by atoms with Gasteiger partial charge in [-0.2, -0.15) is 0 Å². The van der Waals surface area contributed by atoms with Crippen LogP contribution in [0.5, 0.6) is 5.75 Å². The predicted octanol–water partition coefficient (Wildman–Crippen LogP) is 3.84. The quantitative estimate of drug-likeness (QED) is 0.348. The molecular formula is C36H47BrN6O7. The number of fused-ring (bicyclic) bond motifs is 1. The third-order valence-corrected chi connectivity index (χ3v) is 11.2. The Morgan fingerprint density at radius 1 is 0.880 bits per heavy atom. The fourth-order valence-electron chi connectivity index (χ4n) is 7.64. The largest absolute Gasteiger partial charge is 0.507 e. The molecule has 4 aliphatic heterocycles. The molecule has 0 aliphatic carbocycles. The van der Waals surface area contributed by atoms with Crippen molar-refractivity contribution in [3.8, 4) is 5.75 Å². The summed E-state index contributed by atoms with van der Waals surface area (Å²) in [5.74, 6) is -0.922. The molecule has 1 atom stereocenters. The number of para-hydroxylation sites is 1. The Balaban J connectivity index is 1.04. The van der Waals surface area contributed by atoms with Crippen LogP contribution in [0.3, 0.4) is 0 Å². The number of amides is 4. The third-order valence-electron chi connectivity index (χ3n) is 10.6. The Morgan fingerprint density at radius 3 is 2.28 bits per heavy atom. The number of phenolic OH excluding ortho intramolecular Hbond substituents is 1. The molecule has 0 spiro atoms. The minimum absolute atomic E-state index is 0.00610. The molecule has 50 heavy (non-hydrogen) atoms. The molecule has 0 unspecified atom stereocenters. The van der Waals surface area contributed by atoms with Crippen LogP contribution < -0.4 is 5.32 Å². The SMILES string of the molecule is O=C(O)CCN1CCC(N2CCN(C(=O)[C@@H](Cc3ccc(O)c(Br)c3)OC(=O)N3CCC(N4CCc5ccccc5NC4=O)CC3)CC2)CC1. The number of hydrogen-bond acceptors (Lipinski definition) is 8. The summed E-state index contributed by atoms with van der Waals surface area (Å²) >= 11 is 3.35. The standard InChI is InChI=1S/C36H47BrN6O7/c37-29-23-25(5-6-31(29)44)24-32(34(47)41-21-19-40(20-22-41)27-8-13-39(14-9-27)15-12-33(45)46)50-36(49)42-16-10-28(11-17-42)43-18-7-26-3-1-2-4-30(26)38-35(43)48/h1-6,23,27-28,32,44H,7-22,24H2,(H,38,48)(H,45,46)/t32-/m1/s1. The Bertz CT molecular complexity index is 1540. The van der Waals surface area contributed by atoms with Crippen molar-refractivity contribution in [2.45, 2.75) is 63.1 Å². The first-order valence-corrected chi connectivity index (χ1v) is 18.5. The number of nitrogens with one attached hydrogen (secondary N) is 1. The van der Waals surface area contributed by atoms with E-state index < -0.39 is 18.2 Å². The number of carboxylic acid groups (broad SMARTS) is 1. The van der Waals surface area contributed by atoms with Crippen molar-refractivity contribution in [3.05, 3.63) is 58.1 Å². The summed E-state index contributed by atoms with van der Waals surface area (Å²) in [5.41, 5.74) is 2.70. The zero-order valence-electron chi connectivity index (χ0n) is 28.3. The Kier molecular flexibility index (Phi) is 11.8. The molecule has 2 aromatic rings. The number of benzene rings is 2. The van der Waals surface area contributed by atoms with Crippen LogP contribution in [0.15, 0.2) is 46.9 Å². The number of aromatic hydroxyl groups is 1. The summed E-state index contributed by atoms with van der Waals surface area (Å²) in [4.78, 5) is 61.5. The van der Waals surface area contributed by atoms with Gasteiger partial charge in [-0.25, -0.2) is 9.59 Å². The van der Waals surface area contributed by atoms with Gasteiger partial charge in [-0.1, -0.05) is 24.3 Å². The maximum absolute atomic E-state index is 14.0. The van der Waals surface area contributed by atoms with Gasteiger partial charge in [0.2, 0.25) is 0 Å². The number of nitrogens with zero attached hydrogens (tertiary/aromatic N) is 5. The molecule has 3 fully saturated rings. The van der Waals surface area contributed by atoms with Crippen molar-refractivity contribution in [1.29, 1.82) is 0 Å². The van der Waals surface area contributed by atoms with E-state index in [1.54, 1.807) is 28.0 Å². The van der Waals surface area contributed by atoms with E-state index in [0.29, 0.717) is 62.6 Å². The summed E-state index contributed by atoms with van der Waals surface area (Å²) in [6, 6.07) is 13.1. The monoisotopic (exact) mass is 754 g/mol. The van der Waals surface area contributed by atoms with Crippen molar-refractivity contribution in [3.63, 3.8) is 0 Å². The van der Waals surface area contributed by atoms with Gasteiger partial charge in [-0.3, -0.25) is 14.5 Å². The molecule has 0 radical (unpaired) electrons. The molecule has 14 heteroatoms. The van der Waals surface area contributed by atoms with Gasteiger partial charge in [0, 0.05) is 76.5 Å². The number of likely N-dealkylation sites (tertiary alicyclic amines) is 2. The van der Waals surface area contributed by atoms with Crippen molar-refractivity contribution < 1.29 is 34.1 Å². The van der Waals surface area contributed by atoms with Gasteiger partial charge in [0.1, 0.15) is 5.75 Å². The van der Waals surface area contributed by atoms with Crippen LogP contribution >= 0.6 is 15.9 Å². The minimum atomic E-state index is -1.03. The van der Waals surface area contributed by atoms with Crippen molar-refractivity contribution in [2.24, 2.45) is 0 Å². The lowest BCUT2D eigenvalue weighted by Gasteiger charge is -2.43. The van der Waals surface area contributed by atoms with E-state index in [4.69, 9.17) is 9.84 Å². The van der Waals surface area contributed by atoms with E-state index in [9.17, 15) is 24.3 Å². The van der Waals surface area contributed by atoms with Gasteiger partial charge in [0.15, 0.2) is 6.10 Å². The van der Waals surface area contributed by atoms with Gasteiger partial charge in [0.25, 0.3) is 5.91 Å². The van der Waals surface area contributed by atoms with Gasteiger partial charge in [0.05, 0.1) is 10.9 Å². The van der Waals surface area contributed by atoms with Crippen LogP contribution in [0.25, 0.3) is 0 Å². The van der Waals surface area contributed by atoms with E-state index in [0.717, 1.165) is 62.3 Å². The summed E-state index contributed by atoms with van der Waals surface area (Å²) in [6.07, 6.45) is 2.68. The number of phenols is 1. The highest BCUT2D eigenvalue weighted by Crippen LogP contribution is 2.28. The molecule has 4 amide bonds. The molecule has 2 aromatic carbocycles. The van der Waals surface area contributed by atoms with Crippen LogP contribution in [0.1, 0.15) is 43.2 Å².